The Labute approximate surface area is 198 Å². The molecule has 0 radical (unpaired) electrons. The fraction of sp³-hybridized carbons (Fsp3) is 0.217. The molecule has 0 atom stereocenters. The van der Waals surface area contributed by atoms with Gasteiger partial charge in [-0.05, 0) is 42.3 Å². The zero-order chi connectivity index (χ0) is 20.6. The first-order chi connectivity index (χ1) is 14.1. The molecule has 0 amide bonds. The standard InChI is InChI=1S/C23H22Cl3NO2.ClH/c1-28-22-13-20(25)11-18(23(22)29-15-16-5-3-2-4-6-16)14-27-10-9-17-7-8-19(24)12-21(17)26;/h2-8,11-13,27H,9-10,14-15H2,1H3;1H. The minimum Gasteiger partial charge on any atom is -0.493 e. The van der Waals surface area contributed by atoms with Crippen LogP contribution in [0.15, 0.2) is 60.7 Å². The van der Waals surface area contributed by atoms with Gasteiger partial charge in [0.25, 0.3) is 0 Å². The summed E-state index contributed by atoms with van der Waals surface area (Å²) in [5, 5.41) is 5.34. The van der Waals surface area contributed by atoms with Crippen molar-refractivity contribution in [1.82, 2.24) is 5.32 Å². The summed E-state index contributed by atoms with van der Waals surface area (Å²) in [5.41, 5.74) is 3.07. The van der Waals surface area contributed by atoms with E-state index in [1.165, 1.54) is 0 Å². The molecule has 0 bridgehead atoms. The monoisotopic (exact) mass is 485 g/mol. The van der Waals surface area contributed by atoms with Gasteiger partial charge in [-0.3, -0.25) is 0 Å². The van der Waals surface area contributed by atoms with E-state index < -0.39 is 0 Å². The van der Waals surface area contributed by atoms with E-state index >= 15 is 0 Å². The van der Waals surface area contributed by atoms with Crippen molar-refractivity contribution >= 4 is 47.2 Å². The predicted octanol–water partition coefficient (Wildman–Crippen LogP) is 6.99. The lowest BCUT2D eigenvalue weighted by molar-refractivity contribution is 0.280. The minimum atomic E-state index is 0. The Morgan fingerprint density at radius 3 is 2.33 bits per heavy atom. The van der Waals surface area contributed by atoms with Gasteiger partial charge < -0.3 is 14.8 Å². The molecule has 0 unspecified atom stereocenters. The molecule has 0 saturated heterocycles. The molecule has 7 heteroatoms. The Morgan fingerprint density at radius 1 is 0.867 bits per heavy atom. The molecular weight excluding hydrogens is 464 g/mol. The van der Waals surface area contributed by atoms with Crippen molar-refractivity contribution in [3.63, 3.8) is 0 Å². The van der Waals surface area contributed by atoms with Crippen LogP contribution in [0.1, 0.15) is 16.7 Å². The third-order valence-electron chi connectivity index (χ3n) is 4.44. The summed E-state index contributed by atoms with van der Waals surface area (Å²) in [4.78, 5) is 0. The van der Waals surface area contributed by atoms with Crippen molar-refractivity contribution in [3.05, 3.63) is 92.4 Å². The highest BCUT2D eigenvalue weighted by atomic mass is 35.5. The number of halogens is 4. The lowest BCUT2D eigenvalue weighted by atomic mass is 10.1. The van der Waals surface area contributed by atoms with Crippen molar-refractivity contribution in [2.24, 2.45) is 0 Å². The summed E-state index contributed by atoms with van der Waals surface area (Å²) < 4.78 is 11.6. The Kier molecular flexibility index (Phi) is 10.1. The molecule has 3 aromatic rings. The van der Waals surface area contributed by atoms with E-state index in [0.29, 0.717) is 39.7 Å². The number of nitrogens with one attached hydrogen (secondary N) is 1. The molecule has 3 rings (SSSR count). The molecule has 0 aromatic heterocycles. The Hall–Kier alpha value is -1.62. The van der Waals surface area contributed by atoms with E-state index in [2.05, 4.69) is 5.32 Å². The molecule has 0 saturated carbocycles. The van der Waals surface area contributed by atoms with Gasteiger partial charge in [-0.1, -0.05) is 71.2 Å². The Balaban J connectivity index is 0.00000320. The van der Waals surface area contributed by atoms with Crippen LogP contribution in [0, 0.1) is 0 Å². The molecular formula is C23H23Cl4NO2. The van der Waals surface area contributed by atoms with Crippen LogP contribution >= 0.6 is 47.2 Å². The SMILES string of the molecule is COc1cc(Cl)cc(CNCCc2ccc(Cl)cc2Cl)c1OCc1ccccc1.Cl. The maximum atomic E-state index is 6.27. The normalized spacial score (nSPS) is 10.4. The summed E-state index contributed by atoms with van der Waals surface area (Å²) in [6.07, 6.45) is 0.786. The third kappa shape index (κ3) is 6.97. The van der Waals surface area contributed by atoms with Gasteiger partial charge in [-0.2, -0.15) is 0 Å². The van der Waals surface area contributed by atoms with Gasteiger partial charge in [0.15, 0.2) is 11.5 Å². The summed E-state index contributed by atoms with van der Waals surface area (Å²) >= 11 is 18.5. The maximum absolute atomic E-state index is 6.27. The fourth-order valence-electron chi connectivity index (χ4n) is 2.97. The van der Waals surface area contributed by atoms with Crippen LogP contribution in [0.25, 0.3) is 0 Å². The minimum absolute atomic E-state index is 0. The third-order valence-corrected chi connectivity index (χ3v) is 5.25. The zero-order valence-electron chi connectivity index (χ0n) is 16.5. The molecule has 160 valence electrons. The summed E-state index contributed by atoms with van der Waals surface area (Å²) in [7, 11) is 1.61. The highest BCUT2D eigenvalue weighted by Gasteiger charge is 2.13. The maximum Gasteiger partial charge on any atom is 0.166 e. The van der Waals surface area contributed by atoms with Gasteiger partial charge >= 0.3 is 0 Å². The molecule has 0 fully saturated rings. The number of rotatable bonds is 9. The Bertz CT molecular complexity index is 951. The van der Waals surface area contributed by atoms with Crippen LogP contribution in [0.4, 0.5) is 0 Å². The lowest BCUT2D eigenvalue weighted by Crippen LogP contribution is -2.17. The first-order valence-corrected chi connectivity index (χ1v) is 10.4. The largest absolute Gasteiger partial charge is 0.493 e. The molecule has 1 N–H and O–H groups in total. The number of ether oxygens (including phenoxy) is 2. The van der Waals surface area contributed by atoms with E-state index in [4.69, 9.17) is 44.3 Å². The highest BCUT2D eigenvalue weighted by Crippen LogP contribution is 2.35. The van der Waals surface area contributed by atoms with Crippen molar-refractivity contribution in [2.45, 2.75) is 19.6 Å². The molecule has 0 aliphatic rings. The fourth-order valence-corrected chi connectivity index (χ4v) is 3.70. The van der Waals surface area contributed by atoms with E-state index in [-0.39, 0.29) is 12.4 Å². The van der Waals surface area contributed by atoms with Gasteiger partial charge in [-0.15, -0.1) is 12.4 Å². The summed E-state index contributed by atoms with van der Waals surface area (Å²) in [6, 6.07) is 19.2. The number of hydrogen-bond acceptors (Lipinski definition) is 3. The van der Waals surface area contributed by atoms with Gasteiger partial charge in [0, 0.05) is 33.2 Å². The Morgan fingerprint density at radius 2 is 1.63 bits per heavy atom. The van der Waals surface area contributed by atoms with Crippen molar-refractivity contribution in [1.29, 1.82) is 0 Å². The second-order valence-electron chi connectivity index (χ2n) is 6.53. The second-order valence-corrected chi connectivity index (χ2v) is 7.81. The van der Waals surface area contributed by atoms with Crippen LogP contribution in [0.2, 0.25) is 15.1 Å². The highest BCUT2D eigenvalue weighted by molar-refractivity contribution is 6.35. The second kappa shape index (κ2) is 12.3. The van der Waals surface area contributed by atoms with E-state index in [1.807, 2.05) is 48.5 Å². The number of hydrogen-bond donors (Lipinski definition) is 1. The van der Waals surface area contributed by atoms with Crippen molar-refractivity contribution < 1.29 is 9.47 Å². The smallest absolute Gasteiger partial charge is 0.166 e. The quantitative estimate of drug-likeness (QED) is 0.330. The van der Waals surface area contributed by atoms with Crippen LogP contribution in [-0.4, -0.2) is 13.7 Å². The van der Waals surface area contributed by atoms with E-state index in [1.54, 1.807) is 19.2 Å². The topological polar surface area (TPSA) is 30.5 Å². The van der Waals surface area contributed by atoms with Crippen molar-refractivity contribution in [3.8, 4) is 11.5 Å². The summed E-state index contributed by atoms with van der Waals surface area (Å²) in [6.45, 7) is 1.78. The predicted molar refractivity (Wildman–Crippen MR) is 128 cm³/mol. The molecule has 0 spiro atoms. The summed E-state index contributed by atoms with van der Waals surface area (Å²) in [5.74, 6) is 1.31. The van der Waals surface area contributed by atoms with Crippen molar-refractivity contribution in [2.75, 3.05) is 13.7 Å². The van der Waals surface area contributed by atoms with Gasteiger partial charge in [-0.25, -0.2) is 0 Å². The average molecular weight is 487 g/mol. The first kappa shape index (κ1) is 24.6. The first-order valence-electron chi connectivity index (χ1n) is 9.24. The van der Waals surface area contributed by atoms with Crippen LogP contribution < -0.4 is 14.8 Å². The van der Waals surface area contributed by atoms with Crippen LogP contribution in [0.5, 0.6) is 11.5 Å². The van der Waals surface area contributed by atoms with Gasteiger partial charge in [0.2, 0.25) is 0 Å². The average Bonchev–Trinajstić information content (AvgIpc) is 2.72. The molecule has 30 heavy (non-hydrogen) atoms. The zero-order valence-corrected chi connectivity index (χ0v) is 19.5. The van der Waals surface area contributed by atoms with Gasteiger partial charge in [0.05, 0.1) is 7.11 Å². The molecule has 3 nitrogen and oxygen atoms in total. The number of methoxy groups -OCH3 is 1. The molecule has 0 heterocycles. The van der Waals surface area contributed by atoms with E-state index in [9.17, 15) is 0 Å². The molecule has 0 aliphatic carbocycles. The molecule has 0 aliphatic heterocycles. The lowest BCUT2D eigenvalue weighted by Gasteiger charge is -2.16. The van der Waals surface area contributed by atoms with Gasteiger partial charge in [0.1, 0.15) is 6.61 Å². The van der Waals surface area contributed by atoms with Crippen LogP contribution in [-0.2, 0) is 19.6 Å². The molecule has 3 aromatic carbocycles. The van der Waals surface area contributed by atoms with E-state index in [0.717, 1.165) is 29.7 Å². The number of benzene rings is 3. The van der Waals surface area contributed by atoms with Crippen LogP contribution in [0.3, 0.4) is 0 Å².